The highest BCUT2D eigenvalue weighted by Gasteiger charge is 2.11. The van der Waals surface area contributed by atoms with Crippen LogP contribution in [-0.2, 0) is 0 Å². The van der Waals surface area contributed by atoms with Crippen molar-refractivity contribution >= 4 is 39.8 Å². The predicted molar refractivity (Wildman–Crippen MR) is 67.6 cm³/mol. The van der Waals surface area contributed by atoms with Crippen LogP contribution in [0.5, 0.6) is 0 Å². The number of nitrogens with zero attached hydrogens (tertiary/aromatic N) is 4. The summed E-state index contributed by atoms with van der Waals surface area (Å²) in [5, 5.41) is 9.19. The van der Waals surface area contributed by atoms with Crippen LogP contribution >= 0.6 is 34.7 Å². The first-order valence-corrected chi connectivity index (χ1v) is 6.57. The number of hydrogen-bond donors (Lipinski definition) is 0. The zero-order chi connectivity index (χ0) is 12.4. The molecule has 0 saturated heterocycles. The van der Waals surface area contributed by atoms with Crippen LogP contribution in [0.1, 0.15) is 0 Å². The summed E-state index contributed by atoms with van der Waals surface area (Å²) < 4.78 is 14.1. The van der Waals surface area contributed by atoms with E-state index in [-0.39, 0.29) is 10.0 Å². The van der Waals surface area contributed by atoms with Crippen molar-refractivity contribution in [3.05, 3.63) is 23.1 Å². The van der Waals surface area contributed by atoms with E-state index in [1.165, 1.54) is 23.6 Å². The molecular weight excluding hydrogens is 283 g/mol. The minimum Gasteiger partial charge on any atom is -0.353 e. The molecular formula is C9H8ClFN4S2. The number of anilines is 1. The SMILES string of the molecule is CN(C)c1nnc(Sc2ncc(Cl)cc2F)s1. The molecule has 90 valence electrons. The van der Waals surface area contributed by atoms with Gasteiger partial charge in [0.05, 0.1) is 5.02 Å². The molecule has 0 fully saturated rings. The van der Waals surface area contributed by atoms with Crippen LogP contribution in [0.3, 0.4) is 0 Å². The summed E-state index contributed by atoms with van der Waals surface area (Å²) in [5.41, 5.74) is 0. The largest absolute Gasteiger partial charge is 0.353 e. The van der Waals surface area contributed by atoms with Crippen LogP contribution in [0.2, 0.25) is 5.02 Å². The van der Waals surface area contributed by atoms with Crippen molar-refractivity contribution in [3.63, 3.8) is 0 Å². The quantitative estimate of drug-likeness (QED) is 0.869. The lowest BCUT2D eigenvalue weighted by Gasteiger charge is -2.03. The molecule has 0 atom stereocenters. The molecule has 0 aromatic carbocycles. The van der Waals surface area contributed by atoms with Crippen molar-refractivity contribution in [2.75, 3.05) is 19.0 Å². The minimum atomic E-state index is -0.455. The van der Waals surface area contributed by atoms with Gasteiger partial charge in [-0.15, -0.1) is 10.2 Å². The fourth-order valence-electron chi connectivity index (χ4n) is 0.984. The standard InChI is InChI=1S/C9H8ClFN4S2/c1-15(2)8-13-14-9(17-8)16-7-6(11)3-5(10)4-12-7/h3-4H,1-2H3. The first-order valence-electron chi connectivity index (χ1n) is 4.56. The highest BCUT2D eigenvalue weighted by atomic mass is 35.5. The lowest BCUT2D eigenvalue weighted by Crippen LogP contribution is -2.07. The van der Waals surface area contributed by atoms with Gasteiger partial charge in [0, 0.05) is 20.3 Å². The number of halogens is 2. The molecule has 0 bridgehead atoms. The highest BCUT2D eigenvalue weighted by molar-refractivity contribution is 8.01. The molecule has 0 aliphatic rings. The summed E-state index contributed by atoms with van der Waals surface area (Å²) in [6.07, 6.45) is 1.40. The van der Waals surface area contributed by atoms with E-state index in [4.69, 9.17) is 11.6 Å². The fourth-order valence-corrected chi connectivity index (χ4v) is 2.77. The second kappa shape index (κ2) is 5.16. The summed E-state index contributed by atoms with van der Waals surface area (Å²) >= 11 is 8.13. The molecule has 17 heavy (non-hydrogen) atoms. The number of pyridine rings is 1. The highest BCUT2D eigenvalue weighted by Crippen LogP contribution is 2.33. The van der Waals surface area contributed by atoms with Gasteiger partial charge in [0.15, 0.2) is 10.2 Å². The van der Waals surface area contributed by atoms with Gasteiger partial charge in [-0.05, 0) is 17.8 Å². The smallest absolute Gasteiger partial charge is 0.208 e. The molecule has 0 spiro atoms. The van der Waals surface area contributed by atoms with Gasteiger partial charge in [0.25, 0.3) is 0 Å². The van der Waals surface area contributed by atoms with E-state index >= 15 is 0 Å². The lowest BCUT2D eigenvalue weighted by molar-refractivity contribution is 0.588. The molecule has 0 unspecified atom stereocenters. The molecule has 0 saturated carbocycles. The van der Waals surface area contributed by atoms with Gasteiger partial charge < -0.3 is 4.90 Å². The van der Waals surface area contributed by atoms with E-state index in [1.54, 1.807) is 0 Å². The Morgan fingerprint density at radius 2 is 2.18 bits per heavy atom. The zero-order valence-corrected chi connectivity index (χ0v) is 11.4. The van der Waals surface area contributed by atoms with Crippen molar-refractivity contribution in [1.82, 2.24) is 15.2 Å². The molecule has 0 amide bonds. The van der Waals surface area contributed by atoms with Crippen LogP contribution in [0, 0.1) is 5.82 Å². The summed E-state index contributed by atoms with van der Waals surface area (Å²) in [4.78, 5) is 5.75. The molecule has 0 aliphatic carbocycles. The predicted octanol–water partition coefficient (Wildman–Crippen LogP) is 2.94. The lowest BCUT2D eigenvalue weighted by atomic mass is 10.5. The van der Waals surface area contributed by atoms with Crippen LogP contribution in [0.15, 0.2) is 21.6 Å². The maximum Gasteiger partial charge on any atom is 0.208 e. The Kier molecular flexibility index (Phi) is 3.80. The average Bonchev–Trinajstić information content (AvgIpc) is 2.71. The molecule has 0 N–H and O–H groups in total. The maximum absolute atomic E-state index is 13.5. The number of aromatic nitrogens is 3. The Labute approximate surface area is 111 Å². The minimum absolute atomic E-state index is 0.246. The van der Waals surface area contributed by atoms with Crippen molar-refractivity contribution in [2.45, 2.75) is 9.37 Å². The Morgan fingerprint density at radius 3 is 2.76 bits per heavy atom. The topological polar surface area (TPSA) is 41.9 Å². The number of rotatable bonds is 3. The van der Waals surface area contributed by atoms with E-state index in [0.29, 0.717) is 4.34 Å². The normalized spacial score (nSPS) is 10.6. The molecule has 8 heteroatoms. The van der Waals surface area contributed by atoms with Crippen LogP contribution in [0.25, 0.3) is 0 Å². The summed E-state index contributed by atoms with van der Waals surface area (Å²) in [7, 11) is 3.74. The fraction of sp³-hybridized carbons (Fsp3) is 0.222. The van der Waals surface area contributed by atoms with Gasteiger partial charge in [0.2, 0.25) is 5.13 Å². The third-order valence-corrected chi connectivity index (χ3v) is 4.08. The van der Waals surface area contributed by atoms with E-state index < -0.39 is 5.82 Å². The van der Waals surface area contributed by atoms with Crippen molar-refractivity contribution in [3.8, 4) is 0 Å². The zero-order valence-electron chi connectivity index (χ0n) is 9.02. The van der Waals surface area contributed by atoms with Gasteiger partial charge in [-0.2, -0.15) is 0 Å². The Morgan fingerprint density at radius 1 is 1.41 bits per heavy atom. The first kappa shape index (κ1) is 12.5. The maximum atomic E-state index is 13.5. The van der Waals surface area contributed by atoms with Crippen molar-refractivity contribution < 1.29 is 4.39 Å². The molecule has 2 aromatic rings. The van der Waals surface area contributed by atoms with Gasteiger partial charge in [0.1, 0.15) is 5.03 Å². The molecule has 2 heterocycles. The average molecular weight is 291 g/mol. The van der Waals surface area contributed by atoms with Crippen molar-refractivity contribution in [2.24, 2.45) is 0 Å². The summed E-state index contributed by atoms with van der Waals surface area (Å²) in [5.74, 6) is -0.455. The van der Waals surface area contributed by atoms with Crippen LogP contribution in [0.4, 0.5) is 9.52 Å². The molecule has 2 aromatic heterocycles. The number of hydrogen-bond acceptors (Lipinski definition) is 6. The van der Waals surface area contributed by atoms with E-state index in [2.05, 4.69) is 15.2 Å². The second-order valence-corrected chi connectivity index (χ2v) is 5.92. The van der Waals surface area contributed by atoms with Gasteiger partial charge in [-0.1, -0.05) is 22.9 Å². The van der Waals surface area contributed by atoms with Crippen LogP contribution < -0.4 is 4.90 Å². The monoisotopic (exact) mass is 290 g/mol. The Bertz CT molecular complexity index is 531. The Balaban J connectivity index is 2.19. The van der Waals surface area contributed by atoms with Crippen molar-refractivity contribution in [1.29, 1.82) is 0 Å². The van der Waals surface area contributed by atoms with Gasteiger partial charge in [-0.3, -0.25) is 0 Å². The van der Waals surface area contributed by atoms with Gasteiger partial charge >= 0.3 is 0 Å². The van der Waals surface area contributed by atoms with Crippen LogP contribution in [-0.4, -0.2) is 29.3 Å². The third-order valence-electron chi connectivity index (χ3n) is 1.74. The first-order chi connectivity index (χ1) is 8.06. The summed E-state index contributed by atoms with van der Waals surface area (Å²) in [6.45, 7) is 0. The third kappa shape index (κ3) is 3.05. The summed E-state index contributed by atoms with van der Waals surface area (Å²) in [6, 6.07) is 1.23. The van der Waals surface area contributed by atoms with Gasteiger partial charge in [-0.25, -0.2) is 9.37 Å². The van der Waals surface area contributed by atoms with E-state index in [9.17, 15) is 4.39 Å². The molecule has 0 aliphatic heterocycles. The van der Waals surface area contributed by atoms with E-state index in [1.807, 2.05) is 19.0 Å². The molecule has 2 rings (SSSR count). The molecule has 0 radical (unpaired) electrons. The Hall–Kier alpha value is -0.920. The second-order valence-electron chi connectivity index (χ2n) is 3.29. The molecule has 4 nitrogen and oxygen atoms in total. The van der Waals surface area contributed by atoms with E-state index in [0.717, 1.165) is 16.9 Å².